The third-order valence-electron chi connectivity index (χ3n) is 4.53. The average Bonchev–Trinajstić information content (AvgIpc) is 3.08. The van der Waals surface area contributed by atoms with E-state index in [1.54, 1.807) is 28.6 Å². The van der Waals surface area contributed by atoms with Crippen LogP contribution in [0, 0.1) is 12.7 Å². The first-order valence-electron chi connectivity index (χ1n) is 9.14. The standard InChI is InChI=1S/C21H24FN5O/c1-5-26(14-16-6-10-18(11-7-16)25(3)4)21(28)20-23-15(2)27(24-20)19-12-8-17(22)9-13-19/h6-13H,5,14H2,1-4H3. The summed E-state index contributed by atoms with van der Waals surface area (Å²) in [5.41, 5.74) is 2.80. The lowest BCUT2D eigenvalue weighted by molar-refractivity contribution is 0.0740. The van der Waals surface area contributed by atoms with Crippen LogP contribution < -0.4 is 4.90 Å². The Morgan fingerprint density at radius 2 is 1.71 bits per heavy atom. The summed E-state index contributed by atoms with van der Waals surface area (Å²) >= 11 is 0. The summed E-state index contributed by atoms with van der Waals surface area (Å²) in [4.78, 5) is 21.0. The second-order valence-corrected chi connectivity index (χ2v) is 6.75. The van der Waals surface area contributed by atoms with Gasteiger partial charge in [-0.1, -0.05) is 12.1 Å². The second kappa shape index (κ2) is 8.21. The van der Waals surface area contributed by atoms with E-state index in [9.17, 15) is 9.18 Å². The summed E-state index contributed by atoms with van der Waals surface area (Å²) < 4.78 is 14.7. The molecular weight excluding hydrogens is 357 g/mol. The van der Waals surface area contributed by atoms with E-state index in [1.807, 2.05) is 50.2 Å². The number of hydrogen-bond acceptors (Lipinski definition) is 4. The summed E-state index contributed by atoms with van der Waals surface area (Å²) in [5, 5.41) is 4.34. The van der Waals surface area contributed by atoms with E-state index in [-0.39, 0.29) is 17.5 Å². The number of benzene rings is 2. The highest BCUT2D eigenvalue weighted by atomic mass is 19.1. The van der Waals surface area contributed by atoms with Crippen LogP contribution in [-0.2, 0) is 6.54 Å². The Morgan fingerprint density at radius 3 is 2.29 bits per heavy atom. The number of anilines is 1. The monoisotopic (exact) mass is 381 g/mol. The fourth-order valence-electron chi connectivity index (χ4n) is 2.90. The number of amides is 1. The van der Waals surface area contributed by atoms with E-state index in [2.05, 4.69) is 10.1 Å². The number of aryl methyl sites for hydroxylation is 1. The van der Waals surface area contributed by atoms with Gasteiger partial charge in [0.15, 0.2) is 0 Å². The quantitative estimate of drug-likeness (QED) is 0.656. The van der Waals surface area contributed by atoms with Crippen molar-refractivity contribution in [3.8, 4) is 5.69 Å². The van der Waals surface area contributed by atoms with Crippen LogP contribution in [0.15, 0.2) is 48.5 Å². The average molecular weight is 381 g/mol. The predicted octanol–water partition coefficient (Wildman–Crippen LogP) is 3.44. The van der Waals surface area contributed by atoms with Crippen LogP contribution in [0.5, 0.6) is 0 Å². The highest BCUT2D eigenvalue weighted by Gasteiger charge is 2.21. The molecule has 0 saturated carbocycles. The summed E-state index contributed by atoms with van der Waals surface area (Å²) in [6, 6.07) is 14.0. The van der Waals surface area contributed by atoms with E-state index in [1.165, 1.54) is 12.1 Å². The van der Waals surface area contributed by atoms with E-state index in [4.69, 9.17) is 0 Å². The zero-order valence-electron chi connectivity index (χ0n) is 16.6. The second-order valence-electron chi connectivity index (χ2n) is 6.75. The molecule has 1 heterocycles. The van der Waals surface area contributed by atoms with Crippen molar-refractivity contribution in [3.05, 3.63) is 71.6 Å². The van der Waals surface area contributed by atoms with Crippen molar-refractivity contribution in [3.63, 3.8) is 0 Å². The van der Waals surface area contributed by atoms with Crippen LogP contribution in [-0.4, -0.2) is 46.2 Å². The molecule has 2 aromatic carbocycles. The molecule has 146 valence electrons. The maximum Gasteiger partial charge on any atom is 0.293 e. The third-order valence-corrected chi connectivity index (χ3v) is 4.53. The van der Waals surface area contributed by atoms with Gasteiger partial charge in [-0.15, -0.1) is 5.10 Å². The van der Waals surface area contributed by atoms with E-state index in [0.717, 1.165) is 11.3 Å². The van der Waals surface area contributed by atoms with Crippen molar-refractivity contribution in [1.82, 2.24) is 19.7 Å². The molecule has 3 aromatic rings. The zero-order valence-corrected chi connectivity index (χ0v) is 16.6. The number of carbonyl (C=O) groups excluding carboxylic acids is 1. The molecule has 1 amide bonds. The minimum absolute atomic E-state index is 0.133. The number of nitrogens with zero attached hydrogens (tertiary/aromatic N) is 5. The summed E-state index contributed by atoms with van der Waals surface area (Å²) in [6.07, 6.45) is 0. The van der Waals surface area contributed by atoms with Crippen molar-refractivity contribution < 1.29 is 9.18 Å². The van der Waals surface area contributed by atoms with Gasteiger partial charge in [0.05, 0.1) is 5.69 Å². The maximum atomic E-state index is 13.2. The molecular formula is C21H24FN5O. The summed E-state index contributed by atoms with van der Waals surface area (Å²) in [7, 11) is 3.98. The molecule has 3 rings (SSSR count). The van der Waals surface area contributed by atoms with Gasteiger partial charge < -0.3 is 9.80 Å². The highest BCUT2D eigenvalue weighted by Crippen LogP contribution is 2.16. The van der Waals surface area contributed by atoms with Crippen LogP contribution in [0.2, 0.25) is 0 Å². The maximum absolute atomic E-state index is 13.2. The Hall–Kier alpha value is -3.22. The van der Waals surface area contributed by atoms with Crippen LogP contribution in [0.25, 0.3) is 5.69 Å². The molecule has 0 bridgehead atoms. The number of carbonyl (C=O) groups is 1. The van der Waals surface area contributed by atoms with Gasteiger partial charge >= 0.3 is 0 Å². The Balaban J connectivity index is 1.79. The Labute approximate surface area is 164 Å². The van der Waals surface area contributed by atoms with Crippen LogP contribution in [0.1, 0.15) is 28.9 Å². The molecule has 0 N–H and O–H groups in total. The topological polar surface area (TPSA) is 54.3 Å². The smallest absolute Gasteiger partial charge is 0.293 e. The largest absolute Gasteiger partial charge is 0.378 e. The number of aromatic nitrogens is 3. The van der Waals surface area contributed by atoms with Gasteiger partial charge in [-0.05, 0) is 55.8 Å². The van der Waals surface area contributed by atoms with Crippen LogP contribution in [0.3, 0.4) is 0 Å². The van der Waals surface area contributed by atoms with Crippen molar-refractivity contribution in [2.24, 2.45) is 0 Å². The Bertz CT molecular complexity index is 948. The van der Waals surface area contributed by atoms with E-state index in [0.29, 0.717) is 24.6 Å². The molecule has 0 aliphatic carbocycles. The van der Waals surface area contributed by atoms with Gasteiger partial charge in [-0.25, -0.2) is 14.1 Å². The van der Waals surface area contributed by atoms with Crippen molar-refractivity contribution in [2.75, 3.05) is 25.5 Å². The first-order valence-corrected chi connectivity index (χ1v) is 9.14. The van der Waals surface area contributed by atoms with Gasteiger partial charge in [0.2, 0.25) is 5.82 Å². The molecule has 0 aliphatic heterocycles. The molecule has 0 unspecified atom stereocenters. The number of halogens is 1. The lowest BCUT2D eigenvalue weighted by Gasteiger charge is -2.20. The number of hydrogen-bond donors (Lipinski definition) is 0. The lowest BCUT2D eigenvalue weighted by atomic mass is 10.2. The first kappa shape index (κ1) is 19.5. The third kappa shape index (κ3) is 4.19. The van der Waals surface area contributed by atoms with Crippen molar-refractivity contribution in [1.29, 1.82) is 0 Å². The van der Waals surface area contributed by atoms with Gasteiger partial charge in [0, 0.05) is 32.9 Å². The lowest BCUT2D eigenvalue weighted by Crippen LogP contribution is -2.31. The summed E-state index contributed by atoms with van der Waals surface area (Å²) in [5.74, 6) is 0.147. The van der Waals surface area contributed by atoms with Gasteiger partial charge in [-0.3, -0.25) is 4.79 Å². The molecule has 0 aliphatic rings. The minimum atomic E-state index is -0.324. The Morgan fingerprint density at radius 1 is 1.07 bits per heavy atom. The molecule has 6 nitrogen and oxygen atoms in total. The summed E-state index contributed by atoms with van der Waals surface area (Å²) in [6.45, 7) is 4.71. The van der Waals surface area contributed by atoms with E-state index >= 15 is 0 Å². The molecule has 0 fully saturated rings. The van der Waals surface area contributed by atoms with Crippen molar-refractivity contribution in [2.45, 2.75) is 20.4 Å². The molecule has 0 saturated heterocycles. The minimum Gasteiger partial charge on any atom is -0.378 e. The fourth-order valence-corrected chi connectivity index (χ4v) is 2.90. The van der Waals surface area contributed by atoms with Crippen molar-refractivity contribution >= 4 is 11.6 Å². The fraction of sp³-hybridized carbons (Fsp3) is 0.286. The van der Waals surface area contributed by atoms with Crippen LogP contribution >= 0.6 is 0 Å². The molecule has 0 radical (unpaired) electrons. The number of rotatable bonds is 6. The molecule has 1 aromatic heterocycles. The normalized spacial score (nSPS) is 10.8. The molecule has 0 atom stereocenters. The first-order chi connectivity index (χ1) is 13.4. The van der Waals surface area contributed by atoms with E-state index < -0.39 is 0 Å². The van der Waals surface area contributed by atoms with Gasteiger partial charge in [0.25, 0.3) is 5.91 Å². The highest BCUT2D eigenvalue weighted by molar-refractivity contribution is 5.90. The zero-order chi connectivity index (χ0) is 20.3. The molecule has 28 heavy (non-hydrogen) atoms. The molecule has 7 heteroatoms. The van der Waals surface area contributed by atoms with Gasteiger partial charge in [0.1, 0.15) is 11.6 Å². The molecule has 0 spiro atoms. The Kier molecular flexibility index (Phi) is 5.73. The van der Waals surface area contributed by atoms with Crippen LogP contribution in [0.4, 0.5) is 10.1 Å². The SMILES string of the molecule is CCN(Cc1ccc(N(C)C)cc1)C(=O)c1nc(C)n(-c2ccc(F)cc2)n1. The van der Waals surface area contributed by atoms with Gasteiger partial charge in [-0.2, -0.15) is 0 Å². The predicted molar refractivity (Wildman–Crippen MR) is 107 cm³/mol.